The lowest BCUT2D eigenvalue weighted by atomic mass is 10.0. The normalized spacial score (nSPS) is 11.9. The molecule has 1 amide bonds. The van der Waals surface area contributed by atoms with Gasteiger partial charge in [0.2, 0.25) is 0 Å². The maximum Gasteiger partial charge on any atom is 0.320 e. The average Bonchev–Trinajstić information content (AvgIpc) is 2.30. The van der Waals surface area contributed by atoms with Gasteiger partial charge in [0, 0.05) is 20.5 Å². The second kappa shape index (κ2) is 5.50. The largest absolute Gasteiger partial charge is 0.507 e. The number of rotatable bonds is 4. The molecule has 0 saturated carbocycles. The van der Waals surface area contributed by atoms with Gasteiger partial charge in [0.25, 0.3) is 5.91 Å². The van der Waals surface area contributed by atoms with Crippen LogP contribution >= 0.6 is 0 Å². The standard InChI is InChI=1S/C12H16N2O4/c1-14(2)11(16)8-5-3-4-7(10(8)15)6-9(13)12(17)18/h3-5,9,15H,6,13H2,1-2H3,(H,17,18). The monoisotopic (exact) mass is 252 g/mol. The molecule has 1 rings (SSSR count). The Morgan fingerprint density at radius 3 is 2.50 bits per heavy atom. The van der Waals surface area contributed by atoms with E-state index in [1.54, 1.807) is 26.2 Å². The first kappa shape index (κ1) is 14.0. The number of aliphatic carboxylic acids is 1. The van der Waals surface area contributed by atoms with E-state index >= 15 is 0 Å². The number of amides is 1. The van der Waals surface area contributed by atoms with Crippen molar-refractivity contribution in [3.05, 3.63) is 29.3 Å². The SMILES string of the molecule is CN(C)C(=O)c1cccc(CC(N)C(=O)O)c1O. The van der Waals surface area contributed by atoms with Gasteiger partial charge in [-0.15, -0.1) is 0 Å². The van der Waals surface area contributed by atoms with Gasteiger partial charge in [-0.25, -0.2) is 0 Å². The number of carbonyl (C=O) groups is 2. The summed E-state index contributed by atoms with van der Waals surface area (Å²) in [7, 11) is 3.13. The molecule has 0 spiro atoms. The predicted octanol–water partition coefficient (Wildman–Crippen LogP) is 0.0484. The number of hydrogen-bond donors (Lipinski definition) is 3. The highest BCUT2D eigenvalue weighted by atomic mass is 16.4. The summed E-state index contributed by atoms with van der Waals surface area (Å²) in [4.78, 5) is 23.7. The molecule has 1 unspecified atom stereocenters. The van der Waals surface area contributed by atoms with E-state index < -0.39 is 12.0 Å². The van der Waals surface area contributed by atoms with Crippen LogP contribution in [0.1, 0.15) is 15.9 Å². The van der Waals surface area contributed by atoms with E-state index in [9.17, 15) is 14.7 Å². The zero-order valence-corrected chi connectivity index (χ0v) is 10.3. The summed E-state index contributed by atoms with van der Waals surface area (Å²) < 4.78 is 0. The first-order chi connectivity index (χ1) is 8.34. The molecule has 0 radical (unpaired) electrons. The molecule has 0 aromatic heterocycles. The Bertz CT molecular complexity index is 471. The van der Waals surface area contributed by atoms with Crippen molar-refractivity contribution in [3.8, 4) is 5.75 Å². The molecule has 0 saturated heterocycles. The first-order valence-corrected chi connectivity index (χ1v) is 5.35. The van der Waals surface area contributed by atoms with Crippen LogP contribution in [-0.2, 0) is 11.2 Å². The first-order valence-electron chi connectivity index (χ1n) is 5.35. The van der Waals surface area contributed by atoms with E-state index in [1.165, 1.54) is 11.0 Å². The van der Waals surface area contributed by atoms with Crippen LogP contribution in [0.5, 0.6) is 5.75 Å². The molecule has 1 aromatic carbocycles. The Balaban J connectivity index is 3.06. The minimum Gasteiger partial charge on any atom is -0.507 e. The van der Waals surface area contributed by atoms with Crippen molar-refractivity contribution in [2.45, 2.75) is 12.5 Å². The topological polar surface area (TPSA) is 104 Å². The van der Waals surface area contributed by atoms with Crippen LogP contribution in [-0.4, -0.2) is 47.1 Å². The highest BCUT2D eigenvalue weighted by Gasteiger charge is 2.19. The second-order valence-corrected chi connectivity index (χ2v) is 4.16. The average molecular weight is 252 g/mol. The van der Waals surface area contributed by atoms with Gasteiger partial charge in [0.15, 0.2) is 0 Å². The number of benzene rings is 1. The quantitative estimate of drug-likeness (QED) is 0.702. The minimum atomic E-state index is -1.15. The summed E-state index contributed by atoms with van der Waals surface area (Å²) in [5.74, 6) is -1.72. The number of carboxylic acid groups (broad SMARTS) is 1. The van der Waals surface area contributed by atoms with Crippen molar-refractivity contribution in [2.24, 2.45) is 5.73 Å². The lowest BCUT2D eigenvalue weighted by molar-refractivity contribution is -0.138. The fourth-order valence-corrected chi connectivity index (χ4v) is 1.49. The van der Waals surface area contributed by atoms with Gasteiger partial charge < -0.3 is 20.8 Å². The van der Waals surface area contributed by atoms with Crippen LogP contribution in [0.15, 0.2) is 18.2 Å². The van der Waals surface area contributed by atoms with Gasteiger partial charge in [0.1, 0.15) is 11.8 Å². The van der Waals surface area contributed by atoms with Crippen LogP contribution in [0.2, 0.25) is 0 Å². The van der Waals surface area contributed by atoms with Gasteiger partial charge in [-0.1, -0.05) is 12.1 Å². The van der Waals surface area contributed by atoms with Crippen molar-refractivity contribution in [1.82, 2.24) is 4.90 Å². The fourth-order valence-electron chi connectivity index (χ4n) is 1.49. The Hall–Kier alpha value is -2.08. The highest BCUT2D eigenvalue weighted by molar-refractivity contribution is 5.97. The fraction of sp³-hybridized carbons (Fsp3) is 0.333. The van der Waals surface area contributed by atoms with Gasteiger partial charge in [0.05, 0.1) is 5.56 Å². The number of hydrogen-bond acceptors (Lipinski definition) is 4. The zero-order chi connectivity index (χ0) is 13.9. The zero-order valence-electron chi connectivity index (χ0n) is 10.3. The third-order valence-electron chi connectivity index (χ3n) is 2.51. The molecule has 0 aliphatic heterocycles. The number of phenolic OH excluding ortho intramolecular Hbond substituents is 1. The molecule has 1 aromatic rings. The molecule has 6 nitrogen and oxygen atoms in total. The summed E-state index contributed by atoms with van der Waals surface area (Å²) in [6.45, 7) is 0. The van der Waals surface area contributed by atoms with Crippen LogP contribution in [0, 0.1) is 0 Å². The van der Waals surface area contributed by atoms with E-state index in [1.807, 2.05) is 0 Å². The molecule has 98 valence electrons. The van der Waals surface area contributed by atoms with Gasteiger partial charge in [-0.05, 0) is 11.6 Å². The molecule has 0 fully saturated rings. The van der Waals surface area contributed by atoms with Gasteiger partial charge in [-0.3, -0.25) is 9.59 Å². The highest BCUT2D eigenvalue weighted by Crippen LogP contribution is 2.24. The van der Waals surface area contributed by atoms with E-state index in [0.717, 1.165) is 0 Å². The summed E-state index contributed by atoms with van der Waals surface area (Å²) in [6, 6.07) is 3.50. The second-order valence-electron chi connectivity index (χ2n) is 4.16. The molecule has 0 aliphatic rings. The van der Waals surface area contributed by atoms with E-state index in [-0.39, 0.29) is 23.6 Å². The Kier molecular flexibility index (Phi) is 4.28. The van der Waals surface area contributed by atoms with Crippen molar-refractivity contribution in [3.63, 3.8) is 0 Å². The molecule has 0 aliphatic carbocycles. The molecule has 0 bridgehead atoms. The summed E-state index contributed by atoms with van der Waals surface area (Å²) in [5, 5.41) is 18.7. The van der Waals surface area contributed by atoms with E-state index in [0.29, 0.717) is 5.56 Å². The van der Waals surface area contributed by atoms with E-state index in [2.05, 4.69) is 0 Å². The lowest BCUT2D eigenvalue weighted by Crippen LogP contribution is -2.32. The van der Waals surface area contributed by atoms with Crippen molar-refractivity contribution in [2.75, 3.05) is 14.1 Å². The summed E-state index contributed by atoms with van der Waals surface area (Å²) >= 11 is 0. The molecule has 4 N–H and O–H groups in total. The minimum absolute atomic E-state index is 0.0320. The lowest BCUT2D eigenvalue weighted by Gasteiger charge is -2.14. The molecule has 6 heteroatoms. The van der Waals surface area contributed by atoms with Crippen molar-refractivity contribution < 1.29 is 19.8 Å². The Morgan fingerprint density at radius 1 is 1.39 bits per heavy atom. The molecule has 0 heterocycles. The van der Waals surface area contributed by atoms with E-state index in [4.69, 9.17) is 10.8 Å². The maximum absolute atomic E-state index is 11.8. The number of para-hydroxylation sites is 1. The van der Waals surface area contributed by atoms with Crippen molar-refractivity contribution in [1.29, 1.82) is 0 Å². The smallest absolute Gasteiger partial charge is 0.320 e. The number of phenols is 1. The molecular formula is C12H16N2O4. The summed E-state index contributed by atoms with van der Waals surface area (Å²) in [5.41, 5.74) is 5.88. The Morgan fingerprint density at radius 2 is 2.00 bits per heavy atom. The van der Waals surface area contributed by atoms with Crippen LogP contribution < -0.4 is 5.73 Å². The number of carbonyl (C=O) groups excluding carboxylic acids is 1. The number of aromatic hydroxyl groups is 1. The number of nitrogens with two attached hydrogens (primary N) is 1. The van der Waals surface area contributed by atoms with Gasteiger partial charge in [-0.2, -0.15) is 0 Å². The summed E-state index contributed by atoms with van der Waals surface area (Å²) in [6.07, 6.45) is -0.0320. The van der Waals surface area contributed by atoms with Crippen molar-refractivity contribution >= 4 is 11.9 Å². The van der Waals surface area contributed by atoms with Gasteiger partial charge >= 0.3 is 5.97 Å². The van der Waals surface area contributed by atoms with Crippen LogP contribution in [0.4, 0.5) is 0 Å². The van der Waals surface area contributed by atoms with Crippen LogP contribution in [0.25, 0.3) is 0 Å². The Labute approximate surface area is 105 Å². The molecule has 18 heavy (non-hydrogen) atoms. The number of nitrogens with zero attached hydrogens (tertiary/aromatic N) is 1. The number of carboxylic acids is 1. The van der Waals surface area contributed by atoms with Crippen LogP contribution in [0.3, 0.4) is 0 Å². The molecular weight excluding hydrogens is 236 g/mol. The maximum atomic E-state index is 11.8. The third-order valence-corrected chi connectivity index (χ3v) is 2.51. The predicted molar refractivity (Wildman–Crippen MR) is 65.4 cm³/mol. The third kappa shape index (κ3) is 2.98. The molecule has 1 atom stereocenters.